The molecule has 13 heavy (non-hydrogen) atoms. The molecule has 0 aliphatic carbocycles. The van der Waals surface area contributed by atoms with E-state index in [0.29, 0.717) is 6.04 Å². The second-order valence-corrected chi connectivity index (χ2v) is 4.89. The van der Waals surface area contributed by atoms with Crippen LogP contribution >= 0.6 is 34.2 Å². The Morgan fingerprint density at radius 1 is 1.46 bits per heavy atom. The maximum atomic E-state index is 5.96. The molecule has 1 N–H and O–H groups in total. The minimum Gasteiger partial charge on any atom is -0.310 e. The second-order valence-electron chi connectivity index (χ2n) is 3.32. The molecule has 1 aromatic carbocycles. The SMILES string of the molecule is Clc1ccc([C@H]2CCCN2)cc1I. The normalized spacial score (nSPS) is 22.2. The largest absolute Gasteiger partial charge is 0.310 e. The molecule has 0 bridgehead atoms. The van der Waals surface area contributed by atoms with Crippen molar-refractivity contribution in [3.63, 3.8) is 0 Å². The van der Waals surface area contributed by atoms with Crippen molar-refractivity contribution in [3.05, 3.63) is 32.4 Å². The molecule has 1 aromatic rings. The molecular weight excluding hydrogens is 296 g/mol. The maximum Gasteiger partial charge on any atom is 0.0539 e. The van der Waals surface area contributed by atoms with Gasteiger partial charge in [0.1, 0.15) is 0 Å². The van der Waals surface area contributed by atoms with E-state index >= 15 is 0 Å². The first-order valence-electron chi connectivity index (χ1n) is 4.46. The van der Waals surface area contributed by atoms with Gasteiger partial charge in [-0.05, 0) is 59.7 Å². The molecule has 1 atom stereocenters. The smallest absolute Gasteiger partial charge is 0.0539 e. The van der Waals surface area contributed by atoms with Crippen molar-refractivity contribution in [2.24, 2.45) is 0 Å². The van der Waals surface area contributed by atoms with Gasteiger partial charge in [0.15, 0.2) is 0 Å². The fourth-order valence-corrected chi connectivity index (χ4v) is 2.36. The van der Waals surface area contributed by atoms with Crippen molar-refractivity contribution in [2.45, 2.75) is 18.9 Å². The molecule has 0 spiro atoms. The predicted octanol–water partition coefficient (Wildman–Crippen LogP) is 3.37. The van der Waals surface area contributed by atoms with Crippen LogP contribution < -0.4 is 5.32 Å². The molecule has 1 saturated heterocycles. The lowest BCUT2D eigenvalue weighted by molar-refractivity contribution is 0.647. The number of benzene rings is 1. The lowest BCUT2D eigenvalue weighted by atomic mass is 10.1. The van der Waals surface area contributed by atoms with Crippen LogP contribution in [0, 0.1) is 3.57 Å². The highest BCUT2D eigenvalue weighted by Gasteiger charge is 2.16. The van der Waals surface area contributed by atoms with Gasteiger partial charge in [0.2, 0.25) is 0 Å². The van der Waals surface area contributed by atoms with Gasteiger partial charge in [-0.1, -0.05) is 17.7 Å². The van der Waals surface area contributed by atoms with Gasteiger partial charge in [-0.3, -0.25) is 0 Å². The third kappa shape index (κ3) is 2.17. The van der Waals surface area contributed by atoms with Crippen LogP contribution in [0.3, 0.4) is 0 Å². The van der Waals surface area contributed by atoms with Crippen molar-refractivity contribution < 1.29 is 0 Å². The lowest BCUT2D eigenvalue weighted by Crippen LogP contribution is -2.12. The number of hydrogen-bond donors (Lipinski definition) is 1. The third-order valence-corrected chi connectivity index (χ3v) is 3.95. The molecule has 0 amide bonds. The van der Waals surface area contributed by atoms with Gasteiger partial charge in [0, 0.05) is 9.61 Å². The van der Waals surface area contributed by atoms with E-state index in [2.05, 4.69) is 40.0 Å². The Kier molecular flexibility index (Phi) is 3.11. The first-order chi connectivity index (χ1) is 6.27. The van der Waals surface area contributed by atoms with Crippen LogP contribution in [0.2, 0.25) is 5.02 Å². The van der Waals surface area contributed by atoms with Crippen LogP contribution in [0.25, 0.3) is 0 Å². The standard InChI is InChI=1S/C10H11ClIN/c11-8-4-3-7(6-9(8)12)10-2-1-5-13-10/h3-4,6,10,13H,1-2,5H2/t10-/m1/s1. The summed E-state index contributed by atoms with van der Waals surface area (Å²) in [4.78, 5) is 0. The van der Waals surface area contributed by atoms with E-state index in [4.69, 9.17) is 11.6 Å². The Hall–Kier alpha value is 0.200. The topological polar surface area (TPSA) is 12.0 Å². The van der Waals surface area contributed by atoms with Crippen LogP contribution in [-0.4, -0.2) is 6.54 Å². The molecular formula is C10H11ClIN. The fourth-order valence-electron chi connectivity index (χ4n) is 1.70. The molecule has 3 heteroatoms. The summed E-state index contributed by atoms with van der Waals surface area (Å²) >= 11 is 8.24. The summed E-state index contributed by atoms with van der Waals surface area (Å²) in [5, 5.41) is 4.32. The van der Waals surface area contributed by atoms with E-state index in [1.54, 1.807) is 0 Å². The van der Waals surface area contributed by atoms with Crippen LogP contribution in [0.15, 0.2) is 18.2 Å². The third-order valence-electron chi connectivity index (χ3n) is 2.41. The molecule has 0 radical (unpaired) electrons. The van der Waals surface area contributed by atoms with Crippen LogP contribution in [-0.2, 0) is 0 Å². The van der Waals surface area contributed by atoms with Gasteiger partial charge < -0.3 is 5.32 Å². The summed E-state index contributed by atoms with van der Waals surface area (Å²) < 4.78 is 1.14. The molecule has 1 nitrogen and oxygen atoms in total. The monoisotopic (exact) mass is 307 g/mol. The van der Waals surface area contributed by atoms with E-state index < -0.39 is 0 Å². The highest BCUT2D eigenvalue weighted by atomic mass is 127. The summed E-state index contributed by atoms with van der Waals surface area (Å²) in [7, 11) is 0. The highest BCUT2D eigenvalue weighted by Crippen LogP contribution is 2.27. The Morgan fingerprint density at radius 2 is 2.31 bits per heavy atom. The Balaban J connectivity index is 2.25. The van der Waals surface area contributed by atoms with Crippen molar-refractivity contribution in [3.8, 4) is 0 Å². The summed E-state index contributed by atoms with van der Waals surface area (Å²) in [6.07, 6.45) is 2.53. The molecule has 2 rings (SSSR count). The molecule has 0 unspecified atom stereocenters. The zero-order valence-electron chi connectivity index (χ0n) is 7.19. The maximum absolute atomic E-state index is 5.96. The molecule has 1 heterocycles. The number of nitrogens with one attached hydrogen (secondary N) is 1. The van der Waals surface area contributed by atoms with Gasteiger partial charge in [-0.25, -0.2) is 0 Å². The van der Waals surface area contributed by atoms with Crippen molar-refractivity contribution in [1.82, 2.24) is 5.32 Å². The summed E-state index contributed by atoms with van der Waals surface area (Å²) in [6, 6.07) is 6.82. The second kappa shape index (κ2) is 4.15. The molecule has 1 aliphatic rings. The van der Waals surface area contributed by atoms with Gasteiger partial charge in [-0.15, -0.1) is 0 Å². The summed E-state index contributed by atoms with van der Waals surface area (Å²) in [5.41, 5.74) is 1.37. The average molecular weight is 308 g/mol. The summed E-state index contributed by atoms with van der Waals surface area (Å²) in [6.45, 7) is 1.14. The number of halogens is 2. The van der Waals surface area contributed by atoms with E-state index in [-0.39, 0.29) is 0 Å². The zero-order valence-corrected chi connectivity index (χ0v) is 10.1. The minimum atomic E-state index is 0.547. The predicted molar refractivity (Wildman–Crippen MR) is 64.1 cm³/mol. The zero-order chi connectivity index (χ0) is 9.26. The number of hydrogen-bond acceptors (Lipinski definition) is 1. The van der Waals surface area contributed by atoms with Crippen molar-refractivity contribution in [2.75, 3.05) is 6.54 Å². The molecule has 1 aliphatic heterocycles. The first kappa shape index (κ1) is 9.74. The highest BCUT2D eigenvalue weighted by molar-refractivity contribution is 14.1. The fraction of sp³-hybridized carbons (Fsp3) is 0.400. The summed E-state index contributed by atoms with van der Waals surface area (Å²) in [5.74, 6) is 0. The first-order valence-corrected chi connectivity index (χ1v) is 5.91. The Bertz CT molecular complexity index is 308. The van der Waals surface area contributed by atoms with E-state index in [9.17, 15) is 0 Å². The van der Waals surface area contributed by atoms with Crippen LogP contribution in [0.5, 0.6) is 0 Å². The van der Waals surface area contributed by atoms with E-state index in [0.717, 1.165) is 15.1 Å². The van der Waals surface area contributed by atoms with Crippen LogP contribution in [0.4, 0.5) is 0 Å². The molecule has 1 fully saturated rings. The molecule has 0 aromatic heterocycles. The minimum absolute atomic E-state index is 0.547. The van der Waals surface area contributed by atoms with Crippen molar-refractivity contribution >= 4 is 34.2 Å². The van der Waals surface area contributed by atoms with Gasteiger partial charge in [0.25, 0.3) is 0 Å². The van der Waals surface area contributed by atoms with E-state index in [1.807, 2.05) is 6.07 Å². The Morgan fingerprint density at radius 3 is 2.92 bits per heavy atom. The average Bonchev–Trinajstić information content (AvgIpc) is 2.62. The lowest BCUT2D eigenvalue weighted by Gasteiger charge is -2.11. The van der Waals surface area contributed by atoms with Gasteiger partial charge in [-0.2, -0.15) is 0 Å². The van der Waals surface area contributed by atoms with Gasteiger partial charge >= 0.3 is 0 Å². The van der Waals surface area contributed by atoms with Crippen molar-refractivity contribution in [1.29, 1.82) is 0 Å². The van der Waals surface area contributed by atoms with E-state index in [1.165, 1.54) is 18.4 Å². The van der Waals surface area contributed by atoms with Crippen LogP contribution in [0.1, 0.15) is 24.4 Å². The van der Waals surface area contributed by atoms with Gasteiger partial charge in [0.05, 0.1) is 5.02 Å². The number of rotatable bonds is 1. The Labute approximate surface area is 97.0 Å². The molecule has 70 valence electrons. The quantitative estimate of drug-likeness (QED) is 0.785. The molecule has 0 saturated carbocycles.